The van der Waals surface area contributed by atoms with Gasteiger partial charge in [0.05, 0.1) is 36.8 Å². The van der Waals surface area contributed by atoms with Gasteiger partial charge in [0.1, 0.15) is 11.3 Å². The second kappa shape index (κ2) is 10.1. The molecule has 11 heteroatoms. The van der Waals surface area contributed by atoms with E-state index in [0.29, 0.717) is 17.8 Å². The van der Waals surface area contributed by atoms with Crippen LogP contribution in [0.25, 0.3) is 27.8 Å². The quantitative estimate of drug-likeness (QED) is 0.231. The molecule has 0 aliphatic heterocycles. The van der Waals surface area contributed by atoms with Crippen molar-refractivity contribution >= 4 is 22.5 Å². The lowest BCUT2D eigenvalue weighted by Crippen LogP contribution is -2.26. The van der Waals surface area contributed by atoms with Crippen LogP contribution in [0.2, 0.25) is 0 Å². The Kier molecular flexibility index (Phi) is 6.37. The van der Waals surface area contributed by atoms with Crippen LogP contribution in [0, 0.1) is 5.92 Å². The number of hydrogen-bond donors (Lipinski definition) is 4. The molecule has 1 aliphatic rings. The van der Waals surface area contributed by atoms with Gasteiger partial charge < -0.3 is 20.1 Å². The van der Waals surface area contributed by atoms with E-state index in [1.165, 1.54) is 24.8 Å². The number of carbonyl (C=O) groups is 1. The minimum absolute atomic E-state index is 0.124. The zero-order chi connectivity index (χ0) is 25.2. The molecule has 0 saturated heterocycles. The van der Waals surface area contributed by atoms with E-state index in [1.807, 2.05) is 18.5 Å². The third kappa shape index (κ3) is 4.95. The first-order chi connectivity index (χ1) is 18.2. The van der Waals surface area contributed by atoms with Gasteiger partial charge in [-0.2, -0.15) is 5.10 Å². The number of aliphatic hydroxyl groups is 1. The molecule has 1 amide bonds. The third-order valence-corrected chi connectivity index (χ3v) is 6.91. The number of rotatable bonds is 10. The van der Waals surface area contributed by atoms with Crippen molar-refractivity contribution < 1.29 is 9.90 Å². The number of pyridine rings is 1. The van der Waals surface area contributed by atoms with Crippen molar-refractivity contribution in [2.45, 2.75) is 32.4 Å². The third-order valence-electron chi connectivity index (χ3n) is 6.91. The van der Waals surface area contributed by atoms with Gasteiger partial charge in [-0.05, 0) is 49.1 Å². The summed E-state index contributed by atoms with van der Waals surface area (Å²) in [5.41, 5.74) is 5.55. The second-order valence-electron chi connectivity index (χ2n) is 9.60. The number of imidazole rings is 1. The topological polar surface area (TPSA) is 138 Å². The average molecular weight is 500 g/mol. The van der Waals surface area contributed by atoms with Gasteiger partial charge in [-0.25, -0.2) is 9.67 Å². The number of H-pyrrole nitrogens is 1. The van der Waals surface area contributed by atoms with E-state index in [1.54, 1.807) is 23.0 Å². The number of carbonyl (C=O) groups excluding carboxylic acids is 1. The van der Waals surface area contributed by atoms with Crippen LogP contribution in [-0.4, -0.2) is 65.3 Å². The maximum Gasteiger partial charge on any atom is 0.251 e. The molecule has 4 aromatic heterocycles. The lowest BCUT2D eigenvalue weighted by Gasteiger charge is -2.25. The van der Waals surface area contributed by atoms with Crippen LogP contribution in [0.5, 0.6) is 0 Å². The number of benzene rings is 1. The Labute approximate surface area is 212 Å². The zero-order valence-electron chi connectivity index (χ0n) is 20.4. The molecule has 0 unspecified atom stereocenters. The lowest BCUT2D eigenvalue weighted by atomic mass is 9.85. The highest BCUT2D eigenvalue weighted by Crippen LogP contribution is 2.28. The van der Waals surface area contributed by atoms with Crippen molar-refractivity contribution in [1.82, 2.24) is 45.2 Å². The van der Waals surface area contributed by atoms with E-state index in [9.17, 15) is 4.79 Å². The van der Waals surface area contributed by atoms with Crippen LogP contribution < -0.4 is 10.6 Å². The number of amides is 1. The van der Waals surface area contributed by atoms with Gasteiger partial charge in [-0.3, -0.25) is 9.89 Å². The van der Waals surface area contributed by atoms with Crippen LogP contribution in [-0.2, 0) is 13.1 Å². The SMILES string of the molecule is O=C(NCCO)c1cc(-c2cn(Cc3cn4cc(CNCC5CCC5)ccc4n3)nn2)c2cn[nH]c2c1. The van der Waals surface area contributed by atoms with Crippen LogP contribution in [0.4, 0.5) is 0 Å². The van der Waals surface area contributed by atoms with E-state index in [2.05, 4.69) is 47.8 Å². The summed E-state index contributed by atoms with van der Waals surface area (Å²) in [6, 6.07) is 7.66. The Morgan fingerprint density at radius 2 is 2.11 bits per heavy atom. The lowest BCUT2D eigenvalue weighted by molar-refractivity contribution is 0.0945. The van der Waals surface area contributed by atoms with Gasteiger partial charge in [0.2, 0.25) is 0 Å². The summed E-state index contributed by atoms with van der Waals surface area (Å²) in [6.45, 7) is 2.47. The maximum absolute atomic E-state index is 12.5. The van der Waals surface area contributed by atoms with E-state index < -0.39 is 0 Å². The molecule has 0 bridgehead atoms. The molecule has 1 aliphatic carbocycles. The Morgan fingerprint density at radius 3 is 2.95 bits per heavy atom. The minimum Gasteiger partial charge on any atom is -0.395 e. The molecule has 0 radical (unpaired) electrons. The average Bonchev–Trinajstić information content (AvgIpc) is 3.62. The van der Waals surface area contributed by atoms with Gasteiger partial charge in [-0.1, -0.05) is 17.7 Å². The number of hydrogen-bond acceptors (Lipinski definition) is 7. The van der Waals surface area contributed by atoms with Crippen LogP contribution in [0.3, 0.4) is 0 Å². The summed E-state index contributed by atoms with van der Waals surface area (Å²) in [4.78, 5) is 17.2. The van der Waals surface area contributed by atoms with Gasteiger partial charge in [0.25, 0.3) is 5.91 Å². The number of aromatic nitrogens is 7. The van der Waals surface area contributed by atoms with Crippen molar-refractivity contribution in [3.8, 4) is 11.3 Å². The summed E-state index contributed by atoms with van der Waals surface area (Å²) >= 11 is 0. The molecule has 1 aromatic carbocycles. The first kappa shape index (κ1) is 23.3. The Bertz CT molecular complexity index is 1550. The van der Waals surface area contributed by atoms with Gasteiger partial charge in [0.15, 0.2) is 0 Å². The Balaban J connectivity index is 1.19. The van der Waals surface area contributed by atoms with Crippen molar-refractivity contribution in [2.75, 3.05) is 19.7 Å². The highest BCUT2D eigenvalue weighted by molar-refractivity contribution is 6.03. The number of nitrogens with one attached hydrogen (secondary N) is 3. The smallest absolute Gasteiger partial charge is 0.251 e. The zero-order valence-corrected chi connectivity index (χ0v) is 20.4. The first-order valence-electron chi connectivity index (χ1n) is 12.6. The van der Waals surface area contributed by atoms with Crippen LogP contribution in [0.15, 0.2) is 49.1 Å². The molecule has 1 saturated carbocycles. The van der Waals surface area contributed by atoms with E-state index in [0.717, 1.165) is 46.8 Å². The minimum atomic E-state index is -0.276. The molecular weight excluding hydrogens is 470 g/mol. The van der Waals surface area contributed by atoms with E-state index in [4.69, 9.17) is 10.1 Å². The summed E-state index contributed by atoms with van der Waals surface area (Å²) in [6.07, 6.45) is 11.8. The summed E-state index contributed by atoms with van der Waals surface area (Å²) < 4.78 is 3.79. The molecule has 1 fully saturated rings. The summed E-state index contributed by atoms with van der Waals surface area (Å²) in [7, 11) is 0. The molecule has 0 spiro atoms. The molecule has 6 rings (SSSR count). The molecule has 190 valence electrons. The standard InChI is InChI=1S/C26H29N9O2/c36-7-6-28-26(37)19-8-21(22-12-29-31-23(22)9-19)24-16-35(33-32-24)15-20-14-34-13-18(4-5-25(34)30-20)11-27-10-17-2-1-3-17/h4-5,8-9,12-14,16-17,27,36H,1-3,6-7,10-11,15H2,(H,28,37)(H,29,31). The predicted octanol–water partition coefficient (Wildman–Crippen LogP) is 2.13. The Hall–Kier alpha value is -4.09. The van der Waals surface area contributed by atoms with Crippen molar-refractivity contribution in [3.63, 3.8) is 0 Å². The van der Waals surface area contributed by atoms with E-state index in [-0.39, 0.29) is 19.1 Å². The predicted molar refractivity (Wildman–Crippen MR) is 138 cm³/mol. The highest BCUT2D eigenvalue weighted by atomic mass is 16.3. The summed E-state index contributed by atoms with van der Waals surface area (Å²) in [5, 5.41) is 31.8. The number of nitrogens with zero attached hydrogens (tertiary/aromatic N) is 6. The molecular formula is C26H29N9O2. The van der Waals surface area contributed by atoms with Crippen molar-refractivity contribution in [1.29, 1.82) is 0 Å². The molecule has 0 atom stereocenters. The monoisotopic (exact) mass is 499 g/mol. The van der Waals surface area contributed by atoms with Crippen molar-refractivity contribution in [2.24, 2.45) is 5.92 Å². The molecule has 11 nitrogen and oxygen atoms in total. The number of fused-ring (bicyclic) bond motifs is 2. The van der Waals surface area contributed by atoms with Gasteiger partial charge in [-0.15, -0.1) is 5.10 Å². The normalized spacial score (nSPS) is 13.9. The van der Waals surface area contributed by atoms with Crippen LogP contribution >= 0.6 is 0 Å². The fourth-order valence-corrected chi connectivity index (χ4v) is 4.72. The molecule has 4 N–H and O–H groups in total. The fourth-order valence-electron chi connectivity index (χ4n) is 4.72. The number of aromatic amines is 1. The summed E-state index contributed by atoms with van der Waals surface area (Å²) in [5.74, 6) is 0.563. The van der Waals surface area contributed by atoms with Gasteiger partial charge in [0, 0.05) is 42.0 Å². The van der Waals surface area contributed by atoms with Crippen molar-refractivity contribution in [3.05, 3.63) is 65.9 Å². The highest BCUT2D eigenvalue weighted by Gasteiger charge is 2.17. The second-order valence-corrected chi connectivity index (χ2v) is 9.60. The molecule has 5 aromatic rings. The fraction of sp³-hybridized carbons (Fsp3) is 0.346. The largest absolute Gasteiger partial charge is 0.395 e. The van der Waals surface area contributed by atoms with Crippen LogP contribution in [0.1, 0.15) is 40.9 Å². The first-order valence-corrected chi connectivity index (χ1v) is 12.6. The number of aliphatic hydroxyl groups excluding tert-OH is 1. The Morgan fingerprint density at radius 1 is 1.19 bits per heavy atom. The molecule has 4 heterocycles. The van der Waals surface area contributed by atoms with E-state index >= 15 is 0 Å². The van der Waals surface area contributed by atoms with Gasteiger partial charge >= 0.3 is 0 Å². The molecule has 37 heavy (non-hydrogen) atoms. The maximum atomic E-state index is 12.5.